The van der Waals surface area contributed by atoms with Crippen LogP contribution in [0.3, 0.4) is 0 Å². The first-order valence-corrected chi connectivity index (χ1v) is 11.7. The molecule has 1 fully saturated rings. The molecule has 0 saturated carbocycles. The van der Waals surface area contributed by atoms with E-state index in [2.05, 4.69) is 16.0 Å². The van der Waals surface area contributed by atoms with Gasteiger partial charge in [-0.25, -0.2) is 18.4 Å². The van der Waals surface area contributed by atoms with Crippen molar-refractivity contribution in [3.05, 3.63) is 29.8 Å². The number of nitrogens with zero attached hydrogens (tertiary/aromatic N) is 1. The number of esters is 1. The molecule has 3 atom stereocenters. The van der Waals surface area contributed by atoms with Crippen LogP contribution in [0, 0.1) is 17.6 Å². The number of methoxy groups -OCH3 is 1. The van der Waals surface area contributed by atoms with Gasteiger partial charge in [-0.15, -0.1) is 0 Å². The fraction of sp³-hybridized carbons (Fsp3) is 0.524. The number of halogens is 2. The lowest BCUT2D eigenvalue weighted by Gasteiger charge is -2.26. The van der Waals surface area contributed by atoms with Crippen molar-refractivity contribution in [2.24, 2.45) is 5.92 Å². The normalized spacial score (nSPS) is 18.6. The van der Waals surface area contributed by atoms with E-state index in [1.165, 1.54) is 23.8 Å². The van der Waals surface area contributed by atoms with Crippen molar-refractivity contribution < 1.29 is 32.7 Å². The second-order valence-corrected chi connectivity index (χ2v) is 8.77. The number of amides is 4. The summed E-state index contributed by atoms with van der Waals surface area (Å²) in [7, 11) is 1.22. The Morgan fingerprint density at radius 3 is 2.52 bits per heavy atom. The van der Waals surface area contributed by atoms with Crippen LogP contribution in [0.15, 0.2) is 18.2 Å². The summed E-state index contributed by atoms with van der Waals surface area (Å²) in [6.45, 7) is 3.55. The van der Waals surface area contributed by atoms with Crippen LogP contribution in [0.5, 0.6) is 0 Å². The zero-order valence-corrected chi connectivity index (χ0v) is 19.6. The third-order valence-electron chi connectivity index (χ3n) is 5.13. The van der Waals surface area contributed by atoms with Gasteiger partial charge in [-0.05, 0) is 30.7 Å². The molecule has 1 saturated heterocycles. The van der Waals surface area contributed by atoms with Gasteiger partial charge in [-0.1, -0.05) is 13.8 Å². The van der Waals surface area contributed by atoms with Crippen LogP contribution in [0.4, 0.5) is 19.3 Å². The predicted octanol–water partition coefficient (Wildman–Crippen LogP) is 1.73. The molecule has 9 nitrogen and oxygen atoms in total. The Hall–Kier alpha value is -2.89. The van der Waals surface area contributed by atoms with Gasteiger partial charge in [0.05, 0.1) is 24.6 Å². The van der Waals surface area contributed by atoms with Crippen molar-refractivity contribution in [2.75, 3.05) is 31.0 Å². The minimum Gasteiger partial charge on any atom is -0.467 e. The predicted molar refractivity (Wildman–Crippen MR) is 120 cm³/mol. The van der Waals surface area contributed by atoms with Crippen molar-refractivity contribution in [1.29, 1.82) is 0 Å². The van der Waals surface area contributed by atoms with Crippen molar-refractivity contribution >= 4 is 41.3 Å². The first-order chi connectivity index (χ1) is 15.6. The Balaban J connectivity index is 2.11. The van der Waals surface area contributed by atoms with Crippen LogP contribution < -0.4 is 16.0 Å². The number of likely N-dealkylation sites (tertiary alicyclic amines) is 1. The van der Waals surface area contributed by atoms with Gasteiger partial charge >= 0.3 is 12.0 Å². The van der Waals surface area contributed by atoms with Gasteiger partial charge in [-0.2, -0.15) is 11.8 Å². The second kappa shape index (κ2) is 11.8. The molecule has 1 aliphatic heterocycles. The topological polar surface area (TPSA) is 117 Å². The molecule has 1 aromatic carbocycles. The number of carbonyl (C=O) groups excluding carboxylic acids is 4. The molecule has 0 bridgehead atoms. The molecule has 0 radical (unpaired) electrons. The van der Waals surface area contributed by atoms with Crippen LogP contribution in [0.1, 0.15) is 20.3 Å². The average Bonchev–Trinajstić information content (AvgIpc) is 3.17. The standard InChI is InChI=1S/C21H28F2N4O5S/c1-11(2)18(20(30)32-3)26-19(29)16-8-13(9-27(16)17(28)10-33-4)24-21(31)25-15-6-5-12(22)7-14(15)23/h5-7,11,13,16,18H,8-10H2,1-4H3,(H,26,29)(H2,24,25,31)/t13-,16-,18+/m0/s1. The highest BCUT2D eigenvalue weighted by Gasteiger charge is 2.41. The van der Waals surface area contributed by atoms with E-state index in [1.54, 1.807) is 20.1 Å². The monoisotopic (exact) mass is 486 g/mol. The number of anilines is 1. The maximum atomic E-state index is 13.8. The van der Waals surface area contributed by atoms with Gasteiger partial charge < -0.3 is 25.6 Å². The lowest BCUT2D eigenvalue weighted by Crippen LogP contribution is -2.53. The minimum atomic E-state index is -0.937. The zero-order chi connectivity index (χ0) is 24.7. The van der Waals surface area contributed by atoms with E-state index >= 15 is 0 Å². The number of ether oxygens (including phenoxy) is 1. The van der Waals surface area contributed by atoms with E-state index in [-0.39, 0.29) is 36.2 Å². The van der Waals surface area contributed by atoms with Crippen LogP contribution in [-0.2, 0) is 19.1 Å². The lowest BCUT2D eigenvalue weighted by atomic mass is 10.0. The molecule has 1 aliphatic rings. The summed E-state index contributed by atoms with van der Waals surface area (Å²) >= 11 is 1.29. The second-order valence-electron chi connectivity index (χ2n) is 7.90. The van der Waals surface area contributed by atoms with Gasteiger partial charge in [0.2, 0.25) is 11.8 Å². The minimum absolute atomic E-state index is 0.0569. The first kappa shape index (κ1) is 26.4. The molecule has 33 heavy (non-hydrogen) atoms. The van der Waals surface area contributed by atoms with Crippen molar-refractivity contribution in [1.82, 2.24) is 15.5 Å². The molecule has 12 heteroatoms. The molecule has 2 rings (SSSR count). The van der Waals surface area contributed by atoms with Gasteiger partial charge in [0.25, 0.3) is 0 Å². The maximum Gasteiger partial charge on any atom is 0.328 e. The van der Waals surface area contributed by atoms with E-state index < -0.39 is 47.7 Å². The fourth-order valence-electron chi connectivity index (χ4n) is 3.48. The summed E-state index contributed by atoms with van der Waals surface area (Å²) in [5.74, 6) is -3.27. The Morgan fingerprint density at radius 2 is 1.94 bits per heavy atom. The number of nitrogens with one attached hydrogen (secondary N) is 3. The molecule has 182 valence electrons. The molecule has 4 amide bonds. The SMILES string of the molecule is COC(=O)[C@H](NC(=O)[C@@H]1C[C@H](NC(=O)Nc2ccc(F)cc2F)CN1C(=O)CSC)C(C)C. The molecule has 1 heterocycles. The van der Waals surface area contributed by atoms with Crippen LogP contribution in [0.25, 0.3) is 0 Å². The summed E-state index contributed by atoms with van der Waals surface area (Å²) < 4.78 is 31.6. The van der Waals surface area contributed by atoms with Crippen molar-refractivity contribution in [2.45, 2.75) is 38.4 Å². The summed E-state index contributed by atoms with van der Waals surface area (Å²) in [4.78, 5) is 51.2. The number of carbonyl (C=O) groups is 4. The van der Waals surface area contributed by atoms with Crippen molar-refractivity contribution in [3.8, 4) is 0 Å². The zero-order valence-electron chi connectivity index (χ0n) is 18.8. The highest BCUT2D eigenvalue weighted by molar-refractivity contribution is 7.99. The first-order valence-electron chi connectivity index (χ1n) is 10.3. The Kier molecular flexibility index (Phi) is 9.44. The molecule has 0 aliphatic carbocycles. The quantitative estimate of drug-likeness (QED) is 0.482. The number of thioether (sulfide) groups is 1. The Labute approximate surface area is 195 Å². The van der Waals surface area contributed by atoms with Crippen molar-refractivity contribution in [3.63, 3.8) is 0 Å². The number of rotatable bonds is 8. The van der Waals surface area contributed by atoms with Gasteiger partial charge in [0.15, 0.2) is 0 Å². The number of hydrogen-bond donors (Lipinski definition) is 3. The lowest BCUT2D eigenvalue weighted by molar-refractivity contribution is -0.147. The van der Waals surface area contributed by atoms with Gasteiger partial charge in [-0.3, -0.25) is 9.59 Å². The number of benzene rings is 1. The molecule has 1 aromatic rings. The van der Waals surface area contributed by atoms with E-state index in [9.17, 15) is 28.0 Å². The molecule has 3 N–H and O–H groups in total. The molecule has 0 spiro atoms. The van der Waals surface area contributed by atoms with Gasteiger partial charge in [0.1, 0.15) is 23.7 Å². The summed E-state index contributed by atoms with van der Waals surface area (Å²) in [6.07, 6.45) is 1.84. The largest absolute Gasteiger partial charge is 0.467 e. The third kappa shape index (κ3) is 7.04. The van der Waals surface area contributed by atoms with Gasteiger partial charge in [0, 0.05) is 12.6 Å². The third-order valence-corrected chi connectivity index (χ3v) is 5.66. The smallest absolute Gasteiger partial charge is 0.328 e. The average molecular weight is 487 g/mol. The molecule has 0 aromatic heterocycles. The van der Waals surface area contributed by atoms with Crippen LogP contribution in [-0.4, -0.2) is 72.5 Å². The highest BCUT2D eigenvalue weighted by atomic mass is 32.2. The van der Waals surface area contributed by atoms with Crippen LogP contribution in [0.2, 0.25) is 0 Å². The van der Waals surface area contributed by atoms with Crippen LogP contribution >= 0.6 is 11.8 Å². The van der Waals surface area contributed by atoms with E-state index in [0.717, 1.165) is 12.1 Å². The summed E-state index contributed by atoms with van der Waals surface area (Å²) in [6, 6.07) is -0.447. The summed E-state index contributed by atoms with van der Waals surface area (Å²) in [5, 5.41) is 7.53. The summed E-state index contributed by atoms with van der Waals surface area (Å²) in [5.41, 5.74) is -0.214. The van der Waals surface area contributed by atoms with E-state index in [0.29, 0.717) is 6.07 Å². The fourth-order valence-corrected chi connectivity index (χ4v) is 3.89. The van der Waals surface area contributed by atoms with E-state index in [1.807, 2.05) is 0 Å². The molecule has 0 unspecified atom stereocenters. The number of urea groups is 1. The molecular formula is C21H28F2N4O5S. The van der Waals surface area contributed by atoms with E-state index in [4.69, 9.17) is 4.74 Å². The highest BCUT2D eigenvalue weighted by Crippen LogP contribution is 2.21. The Bertz CT molecular complexity index is 901. The Morgan fingerprint density at radius 1 is 1.24 bits per heavy atom. The molecular weight excluding hydrogens is 458 g/mol. The maximum absolute atomic E-state index is 13.8. The number of hydrogen-bond acceptors (Lipinski definition) is 6.